The van der Waals surface area contributed by atoms with Crippen LogP contribution in [-0.2, 0) is 4.74 Å². The highest BCUT2D eigenvalue weighted by molar-refractivity contribution is 7.13. The summed E-state index contributed by atoms with van der Waals surface area (Å²) >= 11 is 1.47. The van der Waals surface area contributed by atoms with E-state index in [1.807, 2.05) is 0 Å². The third kappa shape index (κ3) is 3.47. The zero-order chi connectivity index (χ0) is 13.7. The molecule has 0 aromatic carbocycles. The van der Waals surface area contributed by atoms with Crippen molar-refractivity contribution in [2.75, 3.05) is 18.5 Å². The molecule has 1 aliphatic carbocycles. The second-order valence-corrected chi connectivity index (χ2v) is 6.03. The van der Waals surface area contributed by atoms with Gasteiger partial charge >= 0.3 is 5.97 Å². The van der Waals surface area contributed by atoms with Gasteiger partial charge in [0.25, 0.3) is 0 Å². The van der Waals surface area contributed by atoms with Gasteiger partial charge in [-0.05, 0) is 31.6 Å². The standard InChI is InChI=1S/C14H22N2O2S/c1-3-14(7-5-6-8-14)10-15-13-16-11(9-19-13)12(17)18-4-2/h9H,3-8,10H2,1-2H3,(H,15,16). The molecule has 0 atom stereocenters. The summed E-state index contributed by atoms with van der Waals surface area (Å²) in [5.41, 5.74) is 0.835. The van der Waals surface area contributed by atoms with Crippen LogP contribution in [0.3, 0.4) is 0 Å². The fraction of sp³-hybridized carbons (Fsp3) is 0.714. The number of esters is 1. The van der Waals surface area contributed by atoms with E-state index >= 15 is 0 Å². The normalized spacial score (nSPS) is 17.4. The monoisotopic (exact) mass is 282 g/mol. The molecule has 106 valence electrons. The average Bonchev–Trinajstić information content (AvgIpc) is 3.07. The third-order valence-corrected chi connectivity index (χ3v) is 4.82. The largest absolute Gasteiger partial charge is 0.461 e. The minimum Gasteiger partial charge on any atom is -0.461 e. The number of nitrogens with one attached hydrogen (secondary N) is 1. The fourth-order valence-electron chi connectivity index (χ4n) is 2.70. The quantitative estimate of drug-likeness (QED) is 0.808. The van der Waals surface area contributed by atoms with Crippen molar-refractivity contribution in [2.45, 2.75) is 46.0 Å². The van der Waals surface area contributed by atoms with Gasteiger partial charge in [-0.15, -0.1) is 11.3 Å². The first-order valence-corrected chi connectivity index (χ1v) is 7.93. The number of hydrogen-bond acceptors (Lipinski definition) is 5. The molecule has 2 rings (SSSR count). The molecule has 1 aromatic rings. The zero-order valence-corrected chi connectivity index (χ0v) is 12.5. The molecule has 19 heavy (non-hydrogen) atoms. The smallest absolute Gasteiger partial charge is 0.357 e. The van der Waals surface area contributed by atoms with Gasteiger partial charge in [0.05, 0.1) is 6.61 Å². The molecule has 0 amide bonds. The Kier molecular flexibility index (Phi) is 4.80. The highest BCUT2D eigenvalue weighted by atomic mass is 32.1. The predicted molar refractivity (Wildman–Crippen MR) is 77.8 cm³/mol. The van der Waals surface area contributed by atoms with Crippen LogP contribution in [0.15, 0.2) is 5.38 Å². The topological polar surface area (TPSA) is 51.2 Å². The van der Waals surface area contributed by atoms with Crippen LogP contribution < -0.4 is 5.32 Å². The summed E-state index contributed by atoms with van der Waals surface area (Å²) in [5, 5.41) is 5.97. The van der Waals surface area contributed by atoms with Crippen LogP contribution in [0.25, 0.3) is 0 Å². The molecule has 1 saturated carbocycles. The minimum absolute atomic E-state index is 0.335. The maximum atomic E-state index is 11.5. The Hall–Kier alpha value is -1.10. The fourth-order valence-corrected chi connectivity index (χ4v) is 3.38. The molecular formula is C14H22N2O2S. The van der Waals surface area contributed by atoms with E-state index in [1.165, 1.54) is 43.4 Å². The van der Waals surface area contributed by atoms with Crippen molar-refractivity contribution >= 4 is 22.4 Å². The molecule has 0 saturated heterocycles. The van der Waals surface area contributed by atoms with E-state index in [2.05, 4.69) is 17.2 Å². The second kappa shape index (κ2) is 6.37. The van der Waals surface area contributed by atoms with Crippen LogP contribution in [0.2, 0.25) is 0 Å². The van der Waals surface area contributed by atoms with Crippen molar-refractivity contribution in [1.82, 2.24) is 4.98 Å². The second-order valence-electron chi connectivity index (χ2n) is 5.17. The van der Waals surface area contributed by atoms with Crippen LogP contribution in [0.4, 0.5) is 5.13 Å². The highest BCUT2D eigenvalue weighted by Crippen LogP contribution is 2.41. The summed E-state index contributed by atoms with van der Waals surface area (Å²) in [7, 11) is 0. The SMILES string of the molecule is CCOC(=O)c1csc(NCC2(CC)CCCC2)n1. The van der Waals surface area contributed by atoms with Crippen molar-refractivity contribution in [3.05, 3.63) is 11.1 Å². The van der Waals surface area contributed by atoms with Gasteiger partial charge in [-0.3, -0.25) is 0 Å². The lowest BCUT2D eigenvalue weighted by atomic mass is 9.83. The Morgan fingerprint density at radius 2 is 2.21 bits per heavy atom. The molecule has 0 spiro atoms. The number of thiazole rings is 1. The zero-order valence-electron chi connectivity index (χ0n) is 11.7. The van der Waals surface area contributed by atoms with Crippen molar-refractivity contribution < 1.29 is 9.53 Å². The van der Waals surface area contributed by atoms with Crippen molar-refractivity contribution in [3.8, 4) is 0 Å². The van der Waals surface area contributed by atoms with Gasteiger partial charge in [0.2, 0.25) is 0 Å². The number of anilines is 1. The predicted octanol–water partition coefficient (Wildman–Crippen LogP) is 3.70. The number of carbonyl (C=O) groups is 1. The molecule has 5 heteroatoms. The number of rotatable bonds is 6. The van der Waals surface area contributed by atoms with E-state index in [9.17, 15) is 4.79 Å². The van der Waals surface area contributed by atoms with E-state index in [0.29, 0.717) is 17.7 Å². The van der Waals surface area contributed by atoms with Crippen LogP contribution in [0, 0.1) is 5.41 Å². The summed E-state index contributed by atoms with van der Waals surface area (Å²) in [6, 6.07) is 0. The van der Waals surface area contributed by atoms with Crippen LogP contribution >= 0.6 is 11.3 Å². The molecular weight excluding hydrogens is 260 g/mol. The van der Waals surface area contributed by atoms with Gasteiger partial charge in [0.1, 0.15) is 0 Å². The summed E-state index contributed by atoms with van der Waals surface area (Å²) in [6.07, 6.45) is 6.47. The van der Waals surface area contributed by atoms with Gasteiger partial charge in [-0.1, -0.05) is 19.8 Å². The van der Waals surface area contributed by atoms with E-state index < -0.39 is 0 Å². The lowest BCUT2D eigenvalue weighted by Gasteiger charge is -2.27. The highest BCUT2D eigenvalue weighted by Gasteiger charge is 2.31. The molecule has 1 aromatic heterocycles. The summed E-state index contributed by atoms with van der Waals surface area (Å²) in [6.45, 7) is 5.41. The van der Waals surface area contributed by atoms with Crippen LogP contribution in [0.1, 0.15) is 56.4 Å². The van der Waals surface area contributed by atoms with Gasteiger partial charge in [0, 0.05) is 11.9 Å². The first-order chi connectivity index (χ1) is 9.19. The summed E-state index contributed by atoms with van der Waals surface area (Å²) in [5.74, 6) is -0.335. The third-order valence-electron chi connectivity index (χ3n) is 4.02. The molecule has 0 bridgehead atoms. The number of carbonyl (C=O) groups excluding carboxylic acids is 1. The molecule has 0 aliphatic heterocycles. The Bertz CT molecular complexity index is 425. The first-order valence-electron chi connectivity index (χ1n) is 7.05. The molecule has 1 N–H and O–H groups in total. The lowest BCUT2D eigenvalue weighted by Crippen LogP contribution is -2.25. The first kappa shape index (κ1) is 14.3. The van der Waals surface area contributed by atoms with E-state index in [0.717, 1.165) is 11.7 Å². The molecule has 1 fully saturated rings. The van der Waals surface area contributed by atoms with E-state index in [-0.39, 0.29) is 5.97 Å². The molecule has 1 heterocycles. The molecule has 1 aliphatic rings. The van der Waals surface area contributed by atoms with Crippen molar-refractivity contribution in [3.63, 3.8) is 0 Å². The Balaban J connectivity index is 1.91. The number of aromatic nitrogens is 1. The summed E-state index contributed by atoms with van der Waals surface area (Å²) in [4.78, 5) is 15.8. The van der Waals surface area contributed by atoms with Crippen LogP contribution in [-0.4, -0.2) is 24.1 Å². The van der Waals surface area contributed by atoms with Crippen molar-refractivity contribution in [2.24, 2.45) is 5.41 Å². The summed E-state index contributed by atoms with van der Waals surface area (Å²) < 4.78 is 4.94. The number of nitrogens with zero attached hydrogens (tertiary/aromatic N) is 1. The number of hydrogen-bond donors (Lipinski definition) is 1. The molecule has 4 nitrogen and oxygen atoms in total. The van der Waals surface area contributed by atoms with Gasteiger partial charge in [-0.2, -0.15) is 0 Å². The van der Waals surface area contributed by atoms with Gasteiger partial charge in [-0.25, -0.2) is 9.78 Å². The lowest BCUT2D eigenvalue weighted by molar-refractivity contribution is 0.0520. The maximum absolute atomic E-state index is 11.5. The van der Waals surface area contributed by atoms with Gasteiger partial charge in [0.15, 0.2) is 10.8 Å². The maximum Gasteiger partial charge on any atom is 0.357 e. The van der Waals surface area contributed by atoms with Crippen molar-refractivity contribution in [1.29, 1.82) is 0 Å². The molecule has 0 unspecified atom stereocenters. The molecule has 0 radical (unpaired) electrons. The Morgan fingerprint density at radius 3 is 2.84 bits per heavy atom. The average molecular weight is 282 g/mol. The van der Waals surface area contributed by atoms with E-state index in [4.69, 9.17) is 4.74 Å². The van der Waals surface area contributed by atoms with Gasteiger partial charge < -0.3 is 10.1 Å². The van der Waals surface area contributed by atoms with E-state index in [1.54, 1.807) is 12.3 Å². The number of ether oxygens (including phenoxy) is 1. The Morgan fingerprint density at radius 1 is 1.47 bits per heavy atom. The minimum atomic E-state index is -0.335. The van der Waals surface area contributed by atoms with Crippen LogP contribution in [0.5, 0.6) is 0 Å². The Labute approximate surface area is 118 Å².